The molecule has 1 aromatic carbocycles. The predicted octanol–water partition coefficient (Wildman–Crippen LogP) is 0.108. The molecule has 0 fully saturated rings. The van der Waals surface area contributed by atoms with E-state index in [1.165, 1.54) is 11.7 Å². The summed E-state index contributed by atoms with van der Waals surface area (Å²) in [7, 11) is 1.50. The molecule has 21 heavy (non-hydrogen) atoms. The first-order chi connectivity index (χ1) is 10.1. The number of fused-ring (bicyclic) bond motifs is 1. The molecule has 1 amide bonds. The van der Waals surface area contributed by atoms with Gasteiger partial charge in [0, 0.05) is 13.7 Å². The number of ether oxygens (including phenoxy) is 1. The lowest BCUT2D eigenvalue weighted by molar-refractivity contribution is -0.121. The largest absolute Gasteiger partial charge is 0.420 e. The van der Waals surface area contributed by atoms with E-state index >= 15 is 0 Å². The average molecular weight is 294 g/mol. The van der Waals surface area contributed by atoms with Gasteiger partial charge in [-0.05, 0) is 18.6 Å². The maximum atomic E-state index is 11.8. The highest BCUT2D eigenvalue weighted by Crippen LogP contribution is 2.11. The van der Waals surface area contributed by atoms with Gasteiger partial charge in [0.15, 0.2) is 5.58 Å². The topological polar surface area (TPSA) is 93.7 Å². The normalized spacial score (nSPS) is 12.5. The van der Waals surface area contributed by atoms with E-state index in [1.807, 2.05) is 0 Å². The molecule has 0 spiro atoms. The first kappa shape index (κ1) is 15.3. The first-order valence-electron chi connectivity index (χ1n) is 6.64. The SMILES string of the molecule is COCC(O)CCNC(=O)Cn1c(=O)oc2ccccc21. The minimum absolute atomic E-state index is 0.115. The molecule has 2 aromatic rings. The van der Waals surface area contributed by atoms with Gasteiger partial charge in [-0.2, -0.15) is 0 Å². The first-order valence-corrected chi connectivity index (χ1v) is 6.64. The van der Waals surface area contributed by atoms with Crippen LogP contribution in [0.1, 0.15) is 6.42 Å². The highest BCUT2D eigenvalue weighted by molar-refractivity contribution is 5.79. The molecule has 2 N–H and O–H groups in total. The number of aromatic nitrogens is 1. The number of para-hydroxylation sites is 2. The van der Waals surface area contributed by atoms with Crippen LogP contribution in [0.15, 0.2) is 33.5 Å². The van der Waals surface area contributed by atoms with Crippen LogP contribution in [0.25, 0.3) is 11.1 Å². The van der Waals surface area contributed by atoms with E-state index < -0.39 is 11.9 Å². The molecule has 0 saturated heterocycles. The zero-order valence-electron chi connectivity index (χ0n) is 11.7. The summed E-state index contributed by atoms with van der Waals surface area (Å²) in [5.41, 5.74) is 1.03. The number of benzene rings is 1. The van der Waals surface area contributed by atoms with E-state index in [1.54, 1.807) is 24.3 Å². The Labute approximate surface area is 121 Å². The lowest BCUT2D eigenvalue weighted by Crippen LogP contribution is -2.33. The van der Waals surface area contributed by atoms with Crippen molar-refractivity contribution in [3.63, 3.8) is 0 Å². The zero-order valence-corrected chi connectivity index (χ0v) is 11.7. The number of aliphatic hydroxyl groups excluding tert-OH is 1. The van der Waals surface area contributed by atoms with Gasteiger partial charge < -0.3 is 19.6 Å². The Balaban J connectivity index is 1.93. The molecule has 1 atom stereocenters. The van der Waals surface area contributed by atoms with Crippen LogP contribution in [0.5, 0.6) is 0 Å². The Kier molecular flexibility index (Phi) is 5.13. The van der Waals surface area contributed by atoms with Crippen LogP contribution >= 0.6 is 0 Å². The molecule has 0 aliphatic carbocycles. The second-order valence-electron chi connectivity index (χ2n) is 4.67. The van der Waals surface area contributed by atoms with E-state index in [2.05, 4.69) is 5.32 Å². The van der Waals surface area contributed by atoms with E-state index in [0.717, 1.165) is 0 Å². The van der Waals surface area contributed by atoms with Crippen LogP contribution in [0.4, 0.5) is 0 Å². The van der Waals surface area contributed by atoms with E-state index in [4.69, 9.17) is 9.15 Å². The minimum Gasteiger partial charge on any atom is -0.408 e. The van der Waals surface area contributed by atoms with Crippen molar-refractivity contribution in [2.45, 2.75) is 19.1 Å². The molecule has 0 radical (unpaired) electrons. The summed E-state index contributed by atoms with van der Waals surface area (Å²) in [4.78, 5) is 23.5. The molecule has 0 saturated carbocycles. The second kappa shape index (κ2) is 7.05. The molecule has 2 rings (SSSR count). The summed E-state index contributed by atoms with van der Waals surface area (Å²) < 4.78 is 11.1. The lowest BCUT2D eigenvalue weighted by atomic mass is 10.2. The van der Waals surface area contributed by atoms with Crippen molar-refractivity contribution in [2.24, 2.45) is 0 Å². The number of aliphatic hydroxyl groups is 1. The number of nitrogens with one attached hydrogen (secondary N) is 1. The molecular formula is C14H18N2O5. The second-order valence-corrected chi connectivity index (χ2v) is 4.67. The molecule has 1 heterocycles. The maximum absolute atomic E-state index is 11.8. The van der Waals surface area contributed by atoms with Gasteiger partial charge >= 0.3 is 5.76 Å². The number of carbonyl (C=O) groups is 1. The summed E-state index contributed by atoms with van der Waals surface area (Å²) in [6.45, 7) is 0.422. The van der Waals surface area contributed by atoms with Crippen LogP contribution in [0, 0.1) is 0 Å². The van der Waals surface area contributed by atoms with Gasteiger partial charge in [0.25, 0.3) is 0 Å². The van der Waals surface area contributed by atoms with Crippen molar-refractivity contribution in [3.8, 4) is 0 Å². The number of hydrogen-bond donors (Lipinski definition) is 2. The summed E-state index contributed by atoms with van der Waals surface area (Å²) in [5.74, 6) is -0.876. The number of nitrogens with zero attached hydrogens (tertiary/aromatic N) is 1. The number of amides is 1. The third kappa shape index (κ3) is 3.93. The third-order valence-electron chi connectivity index (χ3n) is 3.03. The highest BCUT2D eigenvalue weighted by atomic mass is 16.5. The quantitative estimate of drug-likeness (QED) is 0.756. The highest BCUT2D eigenvalue weighted by Gasteiger charge is 2.12. The Morgan fingerprint density at radius 3 is 3.00 bits per heavy atom. The molecule has 7 heteroatoms. The Morgan fingerprint density at radius 1 is 1.48 bits per heavy atom. The van der Waals surface area contributed by atoms with Crippen LogP contribution < -0.4 is 11.1 Å². The summed E-state index contributed by atoms with van der Waals surface area (Å²) in [6.07, 6.45) is -0.228. The fraction of sp³-hybridized carbons (Fsp3) is 0.429. The summed E-state index contributed by atoms with van der Waals surface area (Å²) in [5, 5.41) is 12.1. The number of hydrogen-bond acceptors (Lipinski definition) is 5. The van der Waals surface area contributed by atoms with Crippen molar-refractivity contribution < 1.29 is 19.1 Å². The van der Waals surface area contributed by atoms with Gasteiger partial charge in [-0.25, -0.2) is 4.79 Å². The van der Waals surface area contributed by atoms with Crippen LogP contribution in [-0.4, -0.2) is 41.9 Å². The Bertz CT molecular complexity index is 661. The van der Waals surface area contributed by atoms with E-state index in [-0.39, 0.29) is 19.1 Å². The lowest BCUT2D eigenvalue weighted by Gasteiger charge is -2.10. The molecule has 114 valence electrons. The van der Waals surface area contributed by atoms with E-state index in [9.17, 15) is 14.7 Å². The van der Waals surface area contributed by atoms with Crippen LogP contribution in [0.3, 0.4) is 0 Å². The fourth-order valence-electron chi connectivity index (χ4n) is 2.02. The van der Waals surface area contributed by atoms with Gasteiger partial charge in [0.05, 0.1) is 18.2 Å². The summed E-state index contributed by atoms with van der Waals surface area (Å²) >= 11 is 0. The molecule has 1 unspecified atom stereocenters. The number of carbonyl (C=O) groups excluding carboxylic acids is 1. The van der Waals surface area contributed by atoms with Crippen LogP contribution in [-0.2, 0) is 16.1 Å². The molecule has 0 bridgehead atoms. The van der Waals surface area contributed by atoms with Gasteiger partial charge in [-0.15, -0.1) is 0 Å². The molecule has 0 aliphatic rings. The third-order valence-corrected chi connectivity index (χ3v) is 3.03. The molecular weight excluding hydrogens is 276 g/mol. The standard InChI is InChI=1S/C14H18N2O5/c1-20-9-10(17)6-7-15-13(18)8-16-11-4-2-3-5-12(11)21-14(16)19/h2-5,10,17H,6-9H2,1H3,(H,15,18). The zero-order chi connectivity index (χ0) is 15.2. The van der Waals surface area contributed by atoms with Crippen molar-refractivity contribution in [1.82, 2.24) is 9.88 Å². The van der Waals surface area contributed by atoms with Crippen molar-refractivity contribution in [2.75, 3.05) is 20.3 Å². The van der Waals surface area contributed by atoms with Gasteiger partial charge in [0.1, 0.15) is 6.54 Å². The van der Waals surface area contributed by atoms with Crippen molar-refractivity contribution in [1.29, 1.82) is 0 Å². The number of methoxy groups -OCH3 is 1. The monoisotopic (exact) mass is 294 g/mol. The van der Waals surface area contributed by atoms with Crippen molar-refractivity contribution >= 4 is 17.0 Å². The Hall–Kier alpha value is -2.12. The number of rotatable bonds is 7. The van der Waals surface area contributed by atoms with E-state index in [0.29, 0.717) is 24.1 Å². The maximum Gasteiger partial charge on any atom is 0.420 e. The number of oxazole rings is 1. The Morgan fingerprint density at radius 2 is 2.24 bits per heavy atom. The van der Waals surface area contributed by atoms with Gasteiger partial charge in [-0.1, -0.05) is 12.1 Å². The average Bonchev–Trinajstić information content (AvgIpc) is 2.76. The summed E-state index contributed by atoms with van der Waals surface area (Å²) in [6, 6.07) is 6.92. The molecule has 1 aromatic heterocycles. The molecule has 0 aliphatic heterocycles. The molecule has 7 nitrogen and oxygen atoms in total. The minimum atomic E-state index is -0.618. The predicted molar refractivity (Wildman–Crippen MR) is 76.0 cm³/mol. The van der Waals surface area contributed by atoms with Crippen LogP contribution in [0.2, 0.25) is 0 Å². The smallest absolute Gasteiger partial charge is 0.408 e. The fourth-order valence-corrected chi connectivity index (χ4v) is 2.02. The van der Waals surface area contributed by atoms with Gasteiger partial charge in [0.2, 0.25) is 5.91 Å². The van der Waals surface area contributed by atoms with Crippen molar-refractivity contribution in [3.05, 3.63) is 34.8 Å². The van der Waals surface area contributed by atoms with Gasteiger partial charge in [-0.3, -0.25) is 9.36 Å².